The number of hydrogen-bond donors (Lipinski definition) is 0. The van der Waals surface area contributed by atoms with Crippen molar-refractivity contribution in [3.8, 4) is 0 Å². The quantitative estimate of drug-likeness (QED) is 0.380. The maximum absolute atomic E-state index is 13.0. The summed E-state index contributed by atoms with van der Waals surface area (Å²) in [6, 6.07) is 0. The number of halogens is 9. The van der Waals surface area contributed by atoms with Gasteiger partial charge in [-0.3, -0.25) is 0 Å². The van der Waals surface area contributed by atoms with E-state index in [2.05, 4.69) is 9.05 Å². The second-order valence-electron chi connectivity index (χ2n) is 4.74. The Morgan fingerprint density at radius 3 is 1.15 bits per heavy atom. The molecule has 1 aliphatic rings. The fraction of sp³-hybridized carbons (Fsp3) is 0.857. The van der Waals surface area contributed by atoms with Crippen molar-refractivity contribution in [2.75, 3.05) is 20.8 Å². The zero-order chi connectivity index (χ0) is 16.5. The van der Waals surface area contributed by atoms with Crippen LogP contribution in [0.5, 0.6) is 0 Å². The van der Waals surface area contributed by atoms with Gasteiger partial charge in [-0.2, -0.15) is 0 Å². The van der Waals surface area contributed by atoms with Crippen LogP contribution in [0, 0.1) is 0 Å². The fourth-order valence-corrected chi connectivity index (χ4v) is 4.10. The molecule has 0 aliphatic carbocycles. The van der Waals surface area contributed by atoms with E-state index in [9.17, 15) is 39.5 Å². The molecule has 0 aromatic carbocycles. The summed E-state index contributed by atoms with van der Waals surface area (Å²) in [5.74, 6) is -20.5. The molecular weight excluding hydrogens is 332 g/mol. The van der Waals surface area contributed by atoms with Crippen molar-refractivity contribution in [2.24, 2.45) is 0 Å². The van der Waals surface area contributed by atoms with Crippen molar-refractivity contribution in [3.05, 3.63) is 0 Å². The molecule has 0 saturated carbocycles. The monoisotopic (exact) mass is 341 g/mol. The minimum atomic E-state index is -9.64. The molecule has 0 radical (unpaired) electrons. The third-order valence-electron chi connectivity index (χ3n) is 3.19. The molecule has 0 unspecified atom stereocenters. The average Bonchev–Trinajstić information content (AvgIpc) is 2.06. The molecule has 122 valence electrons. The number of nitrogens with zero attached hydrogens (tertiary/aromatic N) is 1. The van der Waals surface area contributed by atoms with Crippen molar-refractivity contribution in [2.45, 2.75) is 17.8 Å². The molecule has 20 heavy (non-hydrogen) atoms. The van der Waals surface area contributed by atoms with E-state index in [1.165, 1.54) is 0 Å². The molecule has 0 bridgehead atoms. The average molecular weight is 341 g/mol. The van der Waals surface area contributed by atoms with E-state index in [4.69, 9.17) is 0 Å². The van der Waals surface area contributed by atoms with E-state index in [0.717, 1.165) is 14.1 Å². The van der Waals surface area contributed by atoms with Crippen LogP contribution in [-0.4, -0.2) is 49.2 Å². The van der Waals surface area contributed by atoms with Crippen molar-refractivity contribution in [1.82, 2.24) is 0 Å². The van der Waals surface area contributed by atoms with Crippen LogP contribution >= 0.6 is 6.40 Å². The first kappa shape index (κ1) is 17.1. The Balaban J connectivity index is 3.92. The summed E-state index contributed by atoms with van der Waals surface area (Å²) in [5, 5.41) is 0. The van der Waals surface area contributed by atoms with E-state index in [1.54, 1.807) is 0 Å². The minimum absolute atomic E-state index is 0.431. The predicted molar refractivity (Wildman–Crippen MR) is 50.3 cm³/mol. The van der Waals surface area contributed by atoms with Gasteiger partial charge in [-0.15, -0.1) is 0 Å². The molecule has 13 heteroatoms. The molecule has 0 spiro atoms. The van der Waals surface area contributed by atoms with Gasteiger partial charge in [0.2, 0.25) is 0 Å². The Hall–Kier alpha value is -0.930. The van der Waals surface area contributed by atoms with Gasteiger partial charge in [-0.1, -0.05) is 0 Å². The van der Waals surface area contributed by atoms with Gasteiger partial charge in [0.25, 0.3) is 0 Å². The number of alkyl halides is 9. The van der Waals surface area contributed by atoms with E-state index in [0.29, 0.717) is 4.58 Å². The van der Waals surface area contributed by atoms with Crippen LogP contribution < -0.4 is 0 Å². The SMILES string of the molecule is C[N+](C)=C1O[P-](C)(C(F)(F)F)(C(F)(F)F)(C(F)(F)F)O1. The molecule has 1 heterocycles. The van der Waals surface area contributed by atoms with Crippen LogP contribution in [0.1, 0.15) is 0 Å². The molecule has 1 rings (SSSR count). The van der Waals surface area contributed by atoms with Crippen molar-refractivity contribution < 1.29 is 53.1 Å². The maximum atomic E-state index is 13.0. The third-order valence-corrected chi connectivity index (χ3v) is 8.85. The summed E-state index contributed by atoms with van der Waals surface area (Å²) in [7, 11) is 1.74. The van der Waals surface area contributed by atoms with Gasteiger partial charge in [-0.05, 0) is 0 Å². The Kier molecular flexibility index (Phi) is 2.81. The zero-order valence-electron chi connectivity index (χ0n) is 10.1. The summed E-state index contributed by atoms with van der Waals surface area (Å²) in [5.41, 5.74) is 0. The van der Waals surface area contributed by atoms with Gasteiger partial charge in [-0.25, -0.2) is 0 Å². The molecule has 1 aliphatic heterocycles. The van der Waals surface area contributed by atoms with E-state index < -0.39 is 36.9 Å². The number of rotatable bonds is 0. The molecule has 0 atom stereocenters. The van der Waals surface area contributed by atoms with Crippen LogP contribution in [0.4, 0.5) is 39.5 Å². The molecule has 0 aromatic heterocycles. The zero-order valence-corrected chi connectivity index (χ0v) is 11.0. The van der Waals surface area contributed by atoms with Gasteiger partial charge >= 0.3 is 104 Å². The van der Waals surface area contributed by atoms with Crippen molar-refractivity contribution >= 4 is 12.5 Å². The Morgan fingerprint density at radius 1 is 0.750 bits per heavy atom. The summed E-state index contributed by atoms with van der Waals surface area (Å²) < 4.78 is 124. The normalized spacial score (nSPS) is 27.7. The summed E-state index contributed by atoms with van der Waals surface area (Å²) >= 11 is 0. The summed E-state index contributed by atoms with van der Waals surface area (Å²) in [6.45, 7) is -1.07. The van der Waals surface area contributed by atoms with Gasteiger partial charge in [0, 0.05) is 0 Å². The standard InChI is InChI=1S/C7H9F9NO2P/c1-17(2)4-18-20(3,19-4,5(8,9)10,6(11,12)13)7(14,15)16/h1-3H3. The Labute approximate surface area is 105 Å². The molecular formula is C7H9F9NO2P. The fourth-order valence-electron chi connectivity index (χ4n) is 1.37. The van der Waals surface area contributed by atoms with E-state index in [-0.39, 0.29) is 0 Å². The molecule has 1 fully saturated rings. The Bertz CT molecular complexity index is 442. The van der Waals surface area contributed by atoms with Crippen molar-refractivity contribution in [3.63, 3.8) is 0 Å². The molecule has 1 saturated heterocycles. The van der Waals surface area contributed by atoms with E-state index >= 15 is 0 Å². The second kappa shape index (κ2) is 3.28. The topological polar surface area (TPSA) is 21.5 Å². The van der Waals surface area contributed by atoms with Crippen LogP contribution in [0.2, 0.25) is 0 Å². The first-order valence-corrected chi connectivity index (χ1v) is 7.68. The van der Waals surface area contributed by atoms with Gasteiger partial charge in [0.05, 0.1) is 0 Å². The first-order valence-electron chi connectivity index (χ1n) is 4.71. The molecule has 3 nitrogen and oxygen atoms in total. The van der Waals surface area contributed by atoms with Crippen molar-refractivity contribution in [1.29, 1.82) is 0 Å². The van der Waals surface area contributed by atoms with Crippen LogP contribution in [0.3, 0.4) is 0 Å². The number of hydrogen-bond acceptors (Lipinski definition) is 2. The van der Waals surface area contributed by atoms with Gasteiger partial charge in [0.1, 0.15) is 0 Å². The van der Waals surface area contributed by atoms with Crippen LogP contribution in [0.25, 0.3) is 0 Å². The van der Waals surface area contributed by atoms with Gasteiger partial charge < -0.3 is 0 Å². The first-order chi connectivity index (χ1) is 8.40. The third kappa shape index (κ3) is 1.14. The molecule has 0 N–H and O–H groups in total. The van der Waals surface area contributed by atoms with Crippen LogP contribution in [-0.2, 0) is 9.05 Å². The van der Waals surface area contributed by atoms with Crippen LogP contribution in [0.15, 0.2) is 0 Å². The second-order valence-corrected chi connectivity index (χ2v) is 10.6. The predicted octanol–water partition coefficient (Wildman–Crippen LogP) is 3.77. The molecule has 0 aromatic rings. The van der Waals surface area contributed by atoms with Gasteiger partial charge in [0.15, 0.2) is 0 Å². The van der Waals surface area contributed by atoms with E-state index in [1.807, 2.05) is 0 Å². The summed E-state index contributed by atoms with van der Waals surface area (Å²) in [6.07, 6.45) is -11.1. The Morgan fingerprint density at radius 2 is 1.00 bits per heavy atom. The summed E-state index contributed by atoms with van der Waals surface area (Å²) in [4.78, 5) is 0. The molecule has 0 amide bonds.